The molecular formula is C11H18N5O4P. The maximum Gasteiger partial charge on any atom is 0.350 e. The summed E-state index contributed by atoms with van der Waals surface area (Å²) >= 11 is 0. The molecule has 0 saturated carbocycles. The fraction of sp³-hybridized carbons (Fsp3) is 0.545. The van der Waals surface area contributed by atoms with Crippen molar-refractivity contribution in [3.8, 4) is 0 Å². The number of imidazole rings is 1. The molecule has 2 aromatic heterocycles. The van der Waals surface area contributed by atoms with Crippen molar-refractivity contribution in [3.05, 3.63) is 12.7 Å². The predicted molar refractivity (Wildman–Crippen MR) is 77.1 cm³/mol. The molecule has 116 valence electrons. The first-order chi connectivity index (χ1) is 9.78. The molecule has 10 heteroatoms. The topological polar surface area (TPSA) is 114 Å². The number of fused-ring (bicyclic) bond motifs is 1. The van der Waals surface area contributed by atoms with Crippen LogP contribution in [0.4, 0.5) is 5.82 Å². The molecule has 0 aromatic carbocycles. The molecule has 0 bridgehead atoms. The van der Waals surface area contributed by atoms with Gasteiger partial charge in [0.05, 0.1) is 19.0 Å². The van der Waals surface area contributed by atoms with E-state index in [4.69, 9.17) is 14.5 Å². The molecule has 0 aliphatic rings. The third-order valence-corrected chi connectivity index (χ3v) is 3.27. The lowest BCUT2D eigenvalue weighted by Crippen LogP contribution is -2.17. The number of rotatable bonds is 6. The van der Waals surface area contributed by atoms with Crippen LogP contribution in [-0.4, -0.2) is 55.9 Å². The van der Waals surface area contributed by atoms with E-state index in [1.807, 2.05) is 19.0 Å². The van der Waals surface area contributed by atoms with E-state index in [2.05, 4.69) is 15.0 Å². The van der Waals surface area contributed by atoms with Crippen molar-refractivity contribution in [2.45, 2.75) is 19.6 Å². The third kappa shape index (κ3) is 3.98. The van der Waals surface area contributed by atoms with Crippen molar-refractivity contribution in [1.82, 2.24) is 19.5 Å². The average molecular weight is 315 g/mol. The molecule has 0 saturated heterocycles. The van der Waals surface area contributed by atoms with E-state index in [1.54, 1.807) is 17.8 Å². The van der Waals surface area contributed by atoms with E-state index in [9.17, 15) is 4.57 Å². The minimum atomic E-state index is -4.16. The van der Waals surface area contributed by atoms with Crippen molar-refractivity contribution in [3.63, 3.8) is 0 Å². The van der Waals surface area contributed by atoms with E-state index in [1.165, 1.54) is 6.33 Å². The monoisotopic (exact) mass is 315 g/mol. The highest BCUT2D eigenvalue weighted by molar-refractivity contribution is 7.51. The van der Waals surface area contributed by atoms with Crippen LogP contribution in [0.2, 0.25) is 0 Å². The second kappa shape index (κ2) is 6.07. The first-order valence-electron chi connectivity index (χ1n) is 6.27. The second-order valence-electron chi connectivity index (χ2n) is 4.93. The molecule has 0 radical (unpaired) electrons. The van der Waals surface area contributed by atoms with Gasteiger partial charge in [0.2, 0.25) is 0 Å². The van der Waals surface area contributed by atoms with Gasteiger partial charge in [-0.3, -0.25) is 4.57 Å². The predicted octanol–water partition coefficient (Wildman–Crippen LogP) is 0.433. The Morgan fingerprint density at radius 1 is 1.38 bits per heavy atom. The van der Waals surface area contributed by atoms with Crippen LogP contribution in [0.1, 0.15) is 6.92 Å². The molecule has 2 N–H and O–H groups in total. The highest BCUT2D eigenvalue weighted by Crippen LogP contribution is 2.34. The van der Waals surface area contributed by atoms with Crippen molar-refractivity contribution in [2.75, 3.05) is 25.3 Å². The maximum atomic E-state index is 10.8. The van der Waals surface area contributed by atoms with Crippen molar-refractivity contribution >= 4 is 24.6 Å². The van der Waals surface area contributed by atoms with Crippen LogP contribution in [0.15, 0.2) is 12.7 Å². The Hall–Kier alpha value is -1.54. The molecule has 1 atom stereocenters. The summed E-state index contributed by atoms with van der Waals surface area (Å²) in [5.74, 6) is 0.711. The van der Waals surface area contributed by atoms with E-state index in [0.29, 0.717) is 23.5 Å². The zero-order valence-corrected chi connectivity index (χ0v) is 12.9. The molecule has 9 nitrogen and oxygen atoms in total. The summed E-state index contributed by atoms with van der Waals surface area (Å²) in [6.45, 7) is 2.12. The third-order valence-electron chi connectivity index (χ3n) is 2.79. The number of aromatic nitrogens is 4. The van der Waals surface area contributed by atoms with E-state index in [0.717, 1.165) is 0 Å². The zero-order valence-electron chi connectivity index (χ0n) is 12.0. The lowest BCUT2D eigenvalue weighted by Gasteiger charge is -2.15. The Labute approximate surface area is 121 Å². The molecule has 0 spiro atoms. The average Bonchev–Trinajstić information content (AvgIpc) is 2.78. The van der Waals surface area contributed by atoms with Crippen LogP contribution in [0.5, 0.6) is 0 Å². The van der Waals surface area contributed by atoms with Crippen LogP contribution in [0.25, 0.3) is 11.2 Å². The molecule has 2 aromatic rings. The summed E-state index contributed by atoms with van der Waals surface area (Å²) in [5.41, 5.74) is 1.32. The lowest BCUT2D eigenvalue weighted by molar-refractivity contribution is 0.0764. The molecule has 21 heavy (non-hydrogen) atoms. The van der Waals surface area contributed by atoms with Crippen LogP contribution < -0.4 is 4.90 Å². The molecule has 2 rings (SSSR count). The summed E-state index contributed by atoms with van der Waals surface area (Å²) in [5, 5.41) is 0. The van der Waals surface area contributed by atoms with Crippen molar-refractivity contribution in [2.24, 2.45) is 0 Å². The van der Waals surface area contributed by atoms with Gasteiger partial charge >= 0.3 is 7.60 Å². The number of anilines is 1. The highest BCUT2D eigenvalue weighted by Gasteiger charge is 2.17. The second-order valence-corrected chi connectivity index (χ2v) is 6.52. The summed E-state index contributed by atoms with van der Waals surface area (Å²) in [6.07, 6.45) is 2.09. The Kier molecular flexibility index (Phi) is 4.58. The van der Waals surface area contributed by atoms with Gasteiger partial charge in [-0.25, -0.2) is 15.0 Å². The number of hydrogen-bond acceptors (Lipinski definition) is 6. The van der Waals surface area contributed by atoms with Crippen LogP contribution >= 0.6 is 7.60 Å². The van der Waals surface area contributed by atoms with Gasteiger partial charge in [0.1, 0.15) is 12.7 Å². The van der Waals surface area contributed by atoms with E-state index >= 15 is 0 Å². The number of ether oxygens (including phenoxy) is 1. The molecule has 0 aliphatic heterocycles. The van der Waals surface area contributed by atoms with Gasteiger partial charge in [-0.15, -0.1) is 0 Å². The fourth-order valence-corrected chi connectivity index (χ4v) is 2.33. The largest absolute Gasteiger partial charge is 0.364 e. The molecule has 2 heterocycles. The van der Waals surface area contributed by atoms with Crippen LogP contribution in [0.3, 0.4) is 0 Å². The van der Waals surface area contributed by atoms with Gasteiger partial charge in [-0.05, 0) is 6.92 Å². The highest BCUT2D eigenvalue weighted by atomic mass is 31.2. The molecule has 0 amide bonds. The Bertz CT molecular complexity index is 668. The van der Waals surface area contributed by atoms with Crippen molar-refractivity contribution < 1.29 is 19.1 Å². The van der Waals surface area contributed by atoms with E-state index < -0.39 is 13.9 Å². The van der Waals surface area contributed by atoms with Gasteiger partial charge in [-0.1, -0.05) is 0 Å². The standard InChI is InChI=1S/C11H18N5O4P/c1-8(20-7-21(17,18)19)4-16-6-14-9-10(15(2)3)12-5-13-11(9)16/h5-6,8H,4,7H2,1-3H3,(H2,17,18,19)/t8-/m0/s1. The number of hydrogen-bond donors (Lipinski definition) is 2. The Morgan fingerprint density at radius 2 is 2.10 bits per heavy atom. The normalized spacial score (nSPS) is 13.6. The van der Waals surface area contributed by atoms with Gasteiger partial charge in [0.25, 0.3) is 0 Å². The van der Waals surface area contributed by atoms with Gasteiger partial charge in [-0.2, -0.15) is 0 Å². The summed E-state index contributed by atoms with van der Waals surface area (Å²) < 4.78 is 17.7. The smallest absolute Gasteiger partial charge is 0.350 e. The molecule has 0 unspecified atom stereocenters. The minimum absolute atomic E-state index is 0.382. The van der Waals surface area contributed by atoms with Crippen LogP contribution in [0, 0.1) is 0 Å². The minimum Gasteiger partial charge on any atom is -0.364 e. The maximum absolute atomic E-state index is 10.8. The summed E-state index contributed by atoms with van der Waals surface area (Å²) in [7, 11) is -0.423. The van der Waals surface area contributed by atoms with Gasteiger partial charge in [0, 0.05) is 14.1 Å². The Balaban J connectivity index is 2.16. The molecular weight excluding hydrogens is 297 g/mol. The van der Waals surface area contributed by atoms with Crippen molar-refractivity contribution in [1.29, 1.82) is 0 Å². The summed E-state index contributed by atoms with van der Waals surface area (Å²) in [6, 6.07) is 0. The molecule has 0 fully saturated rings. The zero-order chi connectivity index (χ0) is 15.6. The first kappa shape index (κ1) is 15.8. The molecule has 0 aliphatic carbocycles. The quantitative estimate of drug-likeness (QED) is 0.738. The van der Waals surface area contributed by atoms with E-state index in [-0.39, 0.29) is 6.10 Å². The number of nitrogens with zero attached hydrogens (tertiary/aromatic N) is 5. The van der Waals surface area contributed by atoms with Gasteiger partial charge in [0.15, 0.2) is 17.0 Å². The fourth-order valence-electron chi connectivity index (χ4n) is 1.88. The first-order valence-corrected chi connectivity index (χ1v) is 8.07. The van der Waals surface area contributed by atoms with Crippen LogP contribution in [-0.2, 0) is 15.8 Å². The lowest BCUT2D eigenvalue weighted by atomic mass is 10.4. The summed E-state index contributed by atoms with van der Waals surface area (Å²) in [4.78, 5) is 32.1. The Morgan fingerprint density at radius 3 is 2.71 bits per heavy atom. The SMILES string of the molecule is C[C@@H](Cn1cnc2c(N(C)C)ncnc21)OCP(=O)(O)O. The van der Waals surface area contributed by atoms with Gasteiger partial charge < -0.3 is 24.0 Å².